The fourth-order valence-corrected chi connectivity index (χ4v) is 3.83. The van der Waals surface area contributed by atoms with Crippen molar-refractivity contribution in [3.63, 3.8) is 0 Å². The van der Waals surface area contributed by atoms with Gasteiger partial charge in [-0.05, 0) is 25.3 Å². The van der Waals surface area contributed by atoms with Crippen LogP contribution in [0.1, 0.15) is 29.9 Å². The molecule has 1 saturated heterocycles. The quantitative estimate of drug-likeness (QED) is 0.847. The second-order valence-corrected chi connectivity index (χ2v) is 8.60. The topological polar surface area (TPSA) is 105 Å². The van der Waals surface area contributed by atoms with Crippen LogP contribution in [0.3, 0.4) is 0 Å². The number of piperidine rings is 1. The Balaban J connectivity index is 1.59. The molecule has 1 aliphatic rings. The van der Waals surface area contributed by atoms with Gasteiger partial charge in [0.1, 0.15) is 0 Å². The minimum absolute atomic E-state index is 0.0357. The van der Waals surface area contributed by atoms with Crippen molar-refractivity contribution in [3.8, 4) is 0 Å². The van der Waals surface area contributed by atoms with Gasteiger partial charge in [0, 0.05) is 13.1 Å². The number of carbonyl (C=O) groups is 1. The lowest BCUT2D eigenvalue weighted by Crippen LogP contribution is -2.43. The van der Waals surface area contributed by atoms with Crippen LogP contribution in [-0.4, -0.2) is 48.2 Å². The number of aryl methyl sites for hydroxylation is 1. The normalized spacial score (nSPS) is 18.6. The molecule has 2 heterocycles. The molecule has 26 heavy (non-hydrogen) atoms. The zero-order chi connectivity index (χ0) is 18.7. The smallest absolute Gasteiger partial charge is 0.322 e. The molecular formula is C17H22N4O4S. The maximum Gasteiger partial charge on any atom is 0.322 e. The van der Waals surface area contributed by atoms with Crippen LogP contribution in [0.15, 0.2) is 28.7 Å². The van der Waals surface area contributed by atoms with Crippen molar-refractivity contribution in [2.45, 2.75) is 26.2 Å². The second kappa shape index (κ2) is 7.55. The van der Waals surface area contributed by atoms with Crippen LogP contribution in [0, 0.1) is 12.8 Å². The summed E-state index contributed by atoms with van der Waals surface area (Å²) in [4.78, 5) is 12.4. The number of hydrogen-bond donors (Lipinski definition) is 1. The summed E-state index contributed by atoms with van der Waals surface area (Å²) in [6, 6.07) is 8.02. The van der Waals surface area contributed by atoms with Gasteiger partial charge in [0.05, 0.1) is 18.6 Å². The van der Waals surface area contributed by atoms with Crippen molar-refractivity contribution in [1.82, 2.24) is 14.5 Å². The van der Waals surface area contributed by atoms with Crippen LogP contribution >= 0.6 is 0 Å². The Morgan fingerprint density at radius 1 is 1.31 bits per heavy atom. The van der Waals surface area contributed by atoms with Gasteiger partial charge in [-0.3, -0.25) is 10.1 Å². The summed E-state index contributed by atoms with van der Waals surface area (Å²) in [5.74, 6) is -0.319. The number of amides is 1. The summed E-state index contributed by atoms with van der Waals surface area (Å²) >= 11 is 0. The number of hydrogen-bond acceptors (Lipinski definition) is 6. The number of rotatable bonds is 5. The van der Waals surface area contributed by atoms with E-state index in [1.807, 2.05) is 31.2 Å². The maximum atomic E-state index is 12.4. The van der Waals surface area contributed by atoms with E-state index in [0.29, 0.717) is 31.7 Å². The molecule has 0 saturated carbocycles. The summed E-state index contributed by atoms with van der Waals surface area (Å²) in [6.45, 7) is 2.64. The first-order valence-electron chi connectivity index (χ1n) is 8.45. The SMILES string of the molecule is Cc1ccc(Cc2nnc(NC(=O)C3CCCN(S(C)(=O)=O)C3)o2)cc1. The average molecular weight is 378 g/mol. The van der Waals surface area contributed by atoms with Crippen LogP contribution < -0.4 is 5.32 Å². The molecule has 1 amide bonds. The van der Waals surface area contributed by atoms with E-state index in [9.17, 15) is 13.2 Å². The van der Waals surface area contributed by atoms with Crippen molar-refractivity contribution in [2.24, 2.45) is 5.92 Å². The monoisotopic (exact) mass is 378 g/mol. The molecule has 1 aromatic heterocycles. The van der Waals surface area contributed by atoms with E-state index in [-0.39, 0.29) is 18.5 Å². The predicted molar refractivity (Wildman–Crippen MR) is 96.1 cm³/mol. The van der Waals surface area contributed by atoms with Gasteiger partial charge in [-0.25, -0.2) is 12.7 Å². The number of nitrogens with one attached hydrogen (secondary N) is 1. The lowest BCUT2D eigenvalue weighted by Gasteiger charge is -2.29. The minimum atomic E-state index is -3.30. The van der Waals surface area contributed by atoms with Gasteiger partial charge in [0.25, 0.3) is 0 Å². The van der Waals surface area contributed by atoms with Crippen molar-refractivity contribution in [1.29, 1.82) is 0 Å². The van der Waals surface area contributed by atoms with Crippen molar-refractivity contribution >= 4 is 21.9 Å². The van der Waals surface area contributed by atoms with E-state index in [2.05, 4.69) is 15.5 Å². The zero-order valence-electron chi connectivity index (χ0n) is 14.8. The van der Waals surface area contributed by atoms with Crippen LogP contribution in [0.25, 0.3) is 0 Å². The third-order valence-electron chi connectivity index (χ3n) is 4.40. The van der Waals surface area contributed by atoms with Crippen LogP contribution in [0.5, 0.6) is 0 Å². The molecule has 3 rings (SSSR count). The van der Waals surface area contributed by atoms with Crippen molar-refractivity contribution in [3.05, 3.63) is 41.3 Å². The maximum absolute atomic E-state index is 12.4. The largest absolute Gasteiger partial charge is 0.407 e. The Morgan fingerprint density at radius 3 is 2.73 bits per heavy atom. The number of aromatic nitrogens is 2. The van der Waals surface area contributed by atoms with E-state index in [0.717, 1.165) is 11.8 Å². The third kappa shape index (κ3) is 4.67. The van der Waals surface area contributed by atoms with E-state index < -0.39 is 15.9 Å². The van der Waals surface area contributed by atoms with Gasteiger partial charge in [-0.2, -0.15) is 0 Å². The predicted octanol–water partition coefficient (Wildman–Crippen LogP) is 1.58. The molecule has 1 aliphatic heterocycles. The molecular weight excluding hydrogens is 356 g/mol. The van der Waals surface area contributed by atoms with Crippen molar-refractivity contribution in [2.75, 3.05) is 24.7 Å². The molecule has 1 unspecified atom stereocenters. The molecule has 140 valence electrons. The highest BCUT2D eigenvalue weighted by atomic mass is 32.2. The van der Waals surface area contributed by atoms with Gasteiger partial charge in [-0.15, -0.1) is 5.10 Å². The first-order valence-corrected chi connectivity index (χ1v) is 10.3. The molecule has 1 fully saturated rings. The second-order valence-electron chi connectivity index (χ2n) is 6.61. The molecule has 0 bridgehead atoms. The van der Waals surface area contributed by atoms with E-state index in [4.69, 9.17) is 4.42 Å². The highest BCUT2D eigenvalue weighted by Crippen LogP contribution is 2.20. The first kappa shape index (κ1) is 18.5. The summed E-state index contributed by atoms with van der Waals surface area (Å²) in [6.07, 6.45) is 2.91. The molecule has 1 N–H and O–H groups in total. The van der Waals surface area contributed by atoms with Gasteiger partial charge in [0.15, 0.2) is 0 Å². The summed E-state index contributed by atoms with van der Waals surface area (Å²) in [7, 11) is -3.30. The number of anilines is 1. The molecule has 0 aliphatic carbocycles. The Kier molecular flexibility index (Phi) is 5.38. The average Bonchev–Trinajstić information content (AvgIpc) is 3.03. The number of benzene rings is 1. The van der Waals surface area contributed by atoms with Gasteiger partial charge < -0.3 is 4.42 Å². The lowest BCUT2D eigenvalue weighted by molar-refractivity contribution is -0.121. The molecule has 1 atom stereocenters. The van der Waals surface area contributed by atoms with E-state index in [1.165, 1.54) is 9.87 Å². The van der Waals surface area contributed by atoms with Crippen LogP contribution in [0.4, 0.5) is 6.01 Å². The summed E-state index contributed by atoms with van der Waals surface area (Å²) in [5, 5.41) is 10.4. The van der Waals surface area contributed by atoms with Crippen molar-refractivity contribution < 1.29 is 17.6 Å². The fourth-order valence-electron chi connectivity index (χ4n) is 2.92. The highest BCUT2D eigenvalue weighted by molar-refractivity contribution is 7.88. The van der Waals surface area contributed by atoms with Crippen LogP contribution in [0.2, 0.25) is 0 Å². The zero-order valence-corrected chi connectivity index (χ0v) is 15.6. The Morgan fingerprint density at radius 2 is 2.04 bits per heavy atom. The summed E-state index contributed by atoms with van der Waals surface area (Å²) in [5.41, 5.74) is 2.20. The molecule has 8 nitrogen and oxygen atoms in total. The number of carbonyl (C=O) groups excluding carboxylic acids is 1. The standard InChI is InChI=1S/C17H22N4O4S/c1-12-5-7-13(8-6-12)10-15-19-20-17(25-15)18-16(22)14-4-3-9-21(11-14)26(2,23)24/h5-8,14H,3-4,9-11H2,1-2H3,(H,18,20,22). The van der Waals surface area contributed by atoms with Gasteiger partial charge in [0.2, 0.25) is 21.8 Å². The Labute approximate surface area is 152 Å². The molecule has 0 radical (unpaired) electrons. The van der Waals surface area contributed by atoms with Gasteiger partial charge >= 0.3 is 6.01 Å². The first-order chi connectivity index (χ1) is 12.3. The van der Waals surface area contributed by atoms with E-state index in [1.54, 1.807) is 0 Å². The van der Waals surface area contributed by atoms with E-state index >= 15 is 0 Å². The number of nitrogens with zero attached hydrogens (tertiary/aromatic N) is 3. The minimum Gasteiger partial charge on any atom is -0.407 e. The molecule has 9 heteroatoms. The highest BCUT2D eigenvalue weighted by Gasteiger charge is 2.30. The molecule has 2 aromatic rings. The Bertz CT molecular complexity index is 876. The van der Waals surface area contributed by atoms with Crippen LogP contribution in [-0.2, 0) is 21.2 Å². The third-order valence-corrected chi connectivity index (χ3v) is 5.67. The van der Waals surface area contributed by atoms with Gasteiger partial charge in [-0.1, -0.05) is 34.9 Å². The number of sulfonamides is 1. The lowest BCUT2D eigenvalue weighted by atomic mass is 9.99. The fraction of sp³-hybridized carbons (Fsp3) is 0.471. The molecule has 0 spiro atoms. The Hall–Kier alpha value is -2.26. The molecule has 1 aromatic carbocycles. The summed E-state index contributed by atoms with van der Waals surface area (Å²) < 4.78 is 30.1.